The average molecular weight is 240 g/mol. The molecule has 0 N–H and O–H groups in total. The Labute approximate surface area is 93.8 Å². The molecule has 6 heteroatoms. The zero-order valence-corrected chi connectivity index (χ0v) is 9.64. The van der Waals surface area contributed by atoms with E-state index in [9.17, 15) is 8.42 Å². The third kappa shape index (κ3) is 2.59. The van der Waals surface area contributed by atoms with Crippen LogP contribution in [0, 0.1) is 0 Å². The zero-order valence-electron chi connectivity index (χ0n) is 8.83. The maximum absolute atomic E-state index is 10.8. The molecular formula is C10H12N2O3S. The van der Waals surface area contributed by atoms with Gasteiger partial charge in [-0.05, 0) is 12.1 Å². The summed E-state index contributed by atoms with van der Waals surface area (Å²) in [5.74, 6) is 0.791. The van der Waals surface area contributed by atoms with Crippen molar-refractivity contribution >= 4 is 15.6 Å². The Morgan fingerprint density at radius 2 is 2.25 bits per heavy atom. The summed E-state index contributed by atoms with van der Waals surface area (Å²) < 4.78 is 28.1. The lowest BCUT2D eigenvalue weighted by molar-refractivity contribution is 0.323. The normalized spacial score (nSPS) is 12.1. The Kier molecular flexibility index (Phi) is 2.93. The predicted octanol–water partition coefficient (Wildman–Crippen LogP) is 0.853. The van der Waals surface area contributed by atoms with Gasteiger partial charge in [-0.25, -0.2) is 4.98 Å². The van der Waals surface area contributed by atoms with Crippen LogP contribution >= 0.6 is 0 Å². The fourth-order valence-corrected chi connectivity index (χ4v) is 1.85. The molecular weight excluding hydrogens is 228 g/mol. The summed E-state index contributed by atoms with van der Waals surface area (Å²) in [6.45, 7) is 0.118. The number of imidazole rings is 1. The minimum absolute atomic E-state index is 0.118. The molecule has 0 spiro atoms. The highest BCUT2D eigenvalue weighted by molar-refractivity contribution is 7.85. The molecule has 0 amide bonds. The number of fused-ring (bicyclic) bond motifs is 1. The van der Waals surface area contributed by atoms with Crippen molar-refractivity contribution < 1.29 is 12.6 Å². The lowest BCUT2D eigenvalue weighted by atomic mass is 10.4. The maximum atomic E-state index is 10.8. The molecule has 2 rings (SSSR count). The van der Waals surface area contributed by atoms with Gasteiger partial charge in [0, 0.05) is 12.6 Å². The topological polar surface area (TPSA) is 60.7 Å². The van der Waals surface area contributed by atoms with E-state index in [4.69, 9.17) is 0 Å². The maximum Gasteiger partial charge on any atom is 0.264 e. The molecule has 5 nitrogen and oxygen atoms in total. The molecule has 0 radical (unpaired) electrons. The summed E-state index contributed by atoms with van der Waals surface area (Å²) in [6, 6.07) is 5.76. The van der Waals surface area contributed by atoms with E-state index in [0.717, 1.165) is 17.6 Å². The smallest absolute Gasteiger partial charge is 0.264 e. The van der Waals surface area contributed by atoms with Crippen molar-refractivity contribution in [2.24, 2.45) is 0 Å². The standard InChI is InChI=1S/C10H12N2O3S/c1-16(13,14)15-7-5-10-11-8-9-4-2-3-6-12(9)10/h2-4,6,8H,5,7H2,1H3. The van der Waals surface area contributed by atoms with Crippen molar-refractivity contribution in [3.63, 3.8) is 0 Å². The monoisotopic (exact) mass is 240 g/mol. The largest absolute Gasteiger partial charge is 0.304 e. The third-order valence-electron chi connectivity index (χ3n) is 2.14. The molecule has 0 bridgehead atoms. The third-order valence-corrected chi connectivity index (χ3v) is 2.73. The SMILES string of the molecule is CS(=O)(=O)OCCc1ncc2ccccn12. The van der Waals surface area contributed by atoms with Gasteiger partial charge >= 0.3 is 0 Å². The van der Waals surface area contributed by atoms with Crippen LogP contribution in [0.4, 0.5) is 0 Å². The molecule has 0 saturated heterocycles. The van der Waals surface area contributed by atoms with Gasteiger partial charge in [-0.15, -0.1) is 0 Å². The van der Waals surface area contributed by atoms with Gasteiger partial charge in [0.15, 0.2) is 0 Å². The Morgan fingerprint density at radius 1 is 1.44 bits per heavy atom. The van der Waals surface area contributed by atoms with Crippen LogP contribution in [0.5, 0.6) is 0 Å². The number of hydrogen-bond acceptors (Lipinski definition) is 4. The van der Waals surface area contributed by atoms with Crippen molar-refractivity contribution in [3.8, 4) is 0 Å². The van der Waals surface area contributed by atoms with Gasteiger partial charge in [0.1, 0.15) is 5.82 Å². The van der Waals surface area contributed by atoms with E-state index in [1.54, 1.807) is 6.20 Å². The first-order chi connectivity index (χ1) is 7.56. The summed E-state index contributed by atoms with van der Waals surface area (Å²) in [5.41, 5.74) is 0.983. The zero-order chi connectivity index (χ0) is 11.6. The van der Waals surface area contributed by atoms with E-state index >= 15 is 0 Å². The molecule has 2 aromatic rings. The van der Waals surface area contributed by atoms with E-state index in [1.807, 2.05) is 28.8 Å². The van der Waals surface area contributed by atoms with Crippen molar-refractivity contribution in [2.45, 2.75) is 6.42 Å². The second kappa shape index (κ2) is 4.23. The van der Waals surface area contributed by atoms with Gasteiger partial charge in [0.2, 0.25) is 0 Å². The molecule has 0 aliphatic rings. The number of pyridine rings is 1. The number of nitrogens with zero attached hydrogens (tertiary/aromatic N) is 2. The van der Waals surface area contributed by atoms with Gasteiger partial charge in [0.25, 0.3) is 10.1 Å². The van der Waals surface area contributed by atoms with E-state index in [-0.39, 0.29) is 6.61 Å². The van der Waals surface area contributed by atoms with E-state index < -0.39 is 10.1 Å². The second-order valence-electron chi connectivity index (χ2n) is 3.45. The molecule has 16 heavy (non-hydrogen) atoms. The van der Waals surface area contributed by atoms with Crippen molar-refractivity contribution in [3.05, 3.63) is 36.4 Å². The van der Waals surface area contributed by atoms with Crippen LogP contribution in [-0.2, 0) is 20.7 Å². The molecule has 0 aliphatic carbocycles. The average Bonchev–Trinajstić information content (AvgIpc) is 2.60. The van der Waals surface area contributed by atoms with Crippen LogP contribution < -0.4 is 0 Å². The van der Waals surface area contributed by atoms with Crippen molar-refractivity contribution in [2.75, 3.05) is 12.9 Å². The minimum Gasteiger partial charge on any atom is -0.304 e. The van der Waals surface area contributed by atoms with Crippen LogP contribution in [0.15, 0.2) is 30.6 Å². The number of aromatic nitrogens is 2. The predicted molar refractivity (Wildman–Crippen MR) is 59.7 cm³/mol. The molecule has 0 unspecified atom stereocenters. The van der Waals surface area contributed by atoms with Crippen LogP contribution in [-0.4, -0.2) is 30.7 Å². The molecule has 2 aromatic heterocycles. The first-order valence-electron chi connectivity index (χ1n) is 4.82. The van der Waals surface area contributed by atoms with Crippen LogP contribution in [0.1, 0.15) is 5.82 Å². The van der Waals surface area contributed by atoms with E-state index in [0.29, 0.717) is 6.42 Å². The summed E-state index contributed by atoms with van der Waals surface area (Å²) >= 11 is 0. The molecule has 0 saturated carbocycles. The molecule has 86 valence electrons. The lowest BCUT2D eigenvalue weighted by Crippen LogP contribution is -2.08. The van der Waals surface area contributed by atoms with Gasteiger partial charge in [-0.2, -0.15) is 8.42 Å². The van der Waals surface area contributed by atoms with Gasteiger partial charge in [-0.3, -0.25) is 4.18 Å². The Morgan fingerprint density at radius 3 is 3.00 bits per heavy atom. The quantitative estimate of drug-likeness (QED) is 0.743. The molecule has 0 aliphatic heterocycles. The summed E-state index contributed by atoms with van der Waals surface area (Å²) in [5, 5.41) is 0. The second-order valence-corrected chi connectivity index (χ2v) is 5.09. The Bertz CT molecular complexity index is 589. The van der Waals surface area contributed by atoms with Gasteiger partial charge < -0.3 is 4.40 Å². The summed E-state index contributed by atoms with van der Waals surface area (Å²) in [6.07, 6.45) is 5.13. The molecule has 0 aromatic carbocycles. The van der Waals surface area contributed by atoms with Crippen LogP contribution in [0.3, 0.4) is 0 Å². The van der Waals surface area contributed by atoms with E-state index in [1.165, 1.54) is 0 Å². The van der Waals surface area contributed by atoms with E-state index in [2.05, 4.69) is 9.17 Å². The first kappa shape index (κ1) is 11.1. The molecule has 0 atom stereocenters. The highest BCUT2D eigenvalue weighted by atomic mass is 32.2. The van der Waals surface area contributed by atoms with Gasteiger partial charge in [0.05, 0.1) is 24.6 Å². The highest BCUT2D eigenvalue weighted by Gasteiger charge is 2.05. The van der Waals surface area contributed by atoms with Crippen LogP contribution in [0.2, 0.25) is 0 Å². The van der Waals surface area contributed by atoms with Crippen molar-refractivity contribution in [1.82, 2.24) is 9.38 Å². The Hall–Kier alpha value is -1.40. The summed E-state index contributed by atoms with van der Waals surface area (Å²) in [4.78, 5) is 4.20. The fraction of sp³-hybridized carbons (Fsp3) is 0.300. The molecule has 0 fully saturated rings. The van der Waals surface area contributed by atoms with Crippen molar-refractivity contribution in [1.29, 1.82) is 0 Å². The fourth-order valence-electron chi connectivity index (χ4n) is 1.47. The molecule has 2 heterocycles. The first-order valence-corrected chi connectivity index (χ1v) is 6.63. The minimum atomic E-state index is -3.37. The Balaban J connectivity index is 2.10. The summed E-state index contributed by atoms with van der Waals surface area (Å²) in [7, 11) is -3.37. The van der Waals surface area contributed by atoms with Gasteiger partial charge in [-0.1, -0.05) is 6.07 Å². The number of rotatable bonds is 4. The number of hydrogen-bond donors (Lipinski definition) is 0. The van der Waals surface area contributed by atoms with Crippen LogP contribution in [0.25, 0.3) is 5.52 Å². The lowest BCUT2D eigenvalue weighted by Gasteiger charge is -2.01. The highest BCUT2D eigenvalue weighted by Crippen LogP contribution is 2.06.